The van der Waals surface area contributed by atoms with Crippen LogP contribution in [0.1, 0.15) is 6.42 Å². The first-order valence-electron chi connectivity index (χ1n) is 6.51. The quantitative estimate of drug-likeness (QED) is 0.757. The van der Waals surface area contributed by atoms with Crippen LogP contribution in [0.4, 0.5) is 4.79 Å². The van der Waals surface area contributed by atoms with E-state index in [1.165, 1.54) is 4.90 Å². The zero-order chi connectivity index (χ0) is 13.8. The van der Waals surface area contributed by atoms with Crippen LogP contribution in [-0.4, -0.2) is 79.5 Å². The third-order valence-corrected chi connectivity index (χ3v) is 3.66. The Bertz CT molecular complexity index is 341. The number of hydrogen-bond donors (Lipinski definition) is 1. The van der Waals surface area contributed by atoms with E-state index in [0.29, 0.717) is 26.3 Å². The molecule has 108 valence electrons. The molecule has 7 heteroatoms. The highest BCUT2D eigenvalue weighted by molar-refractivity contribution is 5.77. The molecule has 2 amide bonds. The van der Waals surface area contributed by atoms with Crippen molar-refractivity contribution in [3.05, 3.63) is 0 Å². The fourth-order valence-electron chi connectivity index (χ4n) is 2.46. The van der Waals surface area contributed by atoms with Gasteiger partial charge in [-0.1, -0.05) is 0 Å². The molecule has 0 saturated carbocycles. The second-order valence-corrected chi connectivity index (χ2v) is 4.90. The zero-order valence-corrected chi connectivity index (χ0v) is 11.1. The Morgan fingerprint density at radius 2 is 2.00 bits per heavy atom. The maximum Gasteiger partial charge on any atom is 0.320 e. The lowest BCUT2D eigenvalue weighted by molar-refractivity contribution is -0.142. The number of rotatable bonds is 2. The molecule has 0 bridgehead atoms. The van der Waals surface area contributed by atoms with Crippen molar-refractivity contribution >= 4 is 12.0 Å². The Morgan fingerprint density at radius 1 is 1.21 bits per heavy atom. The predicted octanol–water partition coefficient (Wildman–Crippen LogP) is -0.140. The Hall–Kier alpha value is -1.34. The van der Waals surface area contributed by atoms with Gasteiger partial charge in [0.15, 0.2) is 0 Å². The van der Waals surface area contributed by atoms with Crippen LogP contribution in [0.25, 0.3) is 0 Å². The number of ether oxygens (including phenoxy) is 2. The molecular formula is C12H20N2O5. The smallest absolute Gasteiger partial charge is 0.320 e. The van der Waals surface area contributed by atoms with Crippen molar-refractivity contribution in [3.63, 3.8) is 0 Å². The van der Waals surface area contributed by atoms with Crippen molar-refractivity contribution in [1.29, 1.82) is 0 Å². The van der Waals surface area contributed by atoms with Crippen molar-refractivity contribution in [1.82, 2.24) is 9.80 Å². The van der Waals surface area contributed by atoms with Crippen LogP contribution in [0.3, 0.4) is 0 Å². The van der Waals surface area contributed by atoms with Gasteiger partial charge in [0.2, 0.25) is 0 Å². The summed E-state index contributed by atoms with van der Waals surface area (Å²) < 4.78 is 10.5. The lowest BCUT2D eigenvalue weighted by Crippen LogP contribution is -2.50. The van der Waals surface area contributed by atoms with Crippen molar-refractivity contribution in [2.45, 2.75) is 12.5 Å². The molecule has 1 N–H and O–H groups in total. The highest BCUT2D eigenvalue weighted by Crippen LogP contribution is 2.20. The number of hydrogen-bond acceptors (Lipinski definition) is 4. The van der Waals surface area contributed by atoms with Gasteiger partial charge >= 0.3 is 12.0 Å². The van der Waals surface area contributed by atoms with E-state index in [4.69, 9.17) is 14.6 Å². The van der Waals surface area contributed by atoms with Crippen LogP contribution in [0.5, 0.6) is 0 Å². The normalized spacial score (nSPS) is 27.9. The predicted molar refractivity (Wildman–Crippen MR) is 65.9 cm³/mol. The fourth-order valence-corrected chi connectivity index (χ4v) is 2.46. The summed E-state index contributed by atoms with van der Waals surface area (Å²) in [4.78, 5) is 26.7. The monoisotopic (exact) mass is 272 g/mol. The summed E-state index contributed by atoms with van der Waals surface area (Å²) >= 11 is 0. The number of aliphatic carboxylic acids is 1. The van der Waals surface area contributed by atoms with E-state index in [1.54, 1.807) is 11.9 Å². The van der Waals surface area contributed by atoms with E-state index >= 15 is 0 Å². The fraction of sp³-hybridized carbons (Fsp3) is 0.833. The van der Waals surface area contributed by atoms with E-state index in [9.17, 15) is 9.59 Å². The van der Waals surface area contributed by atoms with Gasteiger partial charge in [-0.3, -0.25) is 4.79 Å². The highest BCUT2D eigenvalue weighted by Gasteiger charge is 2.39. The molecule has 2 rings (SSSR count). The maximum absolute atomic E-state index is 12.4. The lowest BCUT2D eigenvalue weighted by atomic mass is 10.0. The van der Waals surface area contributed by atoms with Gasteiger partial charge in [-0.25, -0.2) is 4.79 Å². The van der Waals surface area contributed by atoms with Gasteiger partial charge in [0, 0.05) is 26.7 Å². The van der Waals surface area contributed by atoms with Crippen LogP contribution >= 0.6 is 0 Å². The first-order valence-corrected chi connectivity index (χ1v) is 6.51. The average Bonchev–Trinajstić information content (AvgIpc) is 2.73. The van der Waals surface area contributed by atoms with Gasteiger partial charge in [-0.15, -0.1) is 0 Å². The van der Waals surface area contributed by atoms with Gasteiger partial charge < -0.3 is 24.4 Å². The number of carbonyl (C=O) groups excluding carboxylic acids is 1. The largest absolute Gasteiger partial charge is 0.481 e. The summed E-state index contributed by atoms with van der Waals surface area (Å²) in [6, 6.07) is -0.540. The molecule has 2 aliphatic heterocycles. The molecule has 2 saturated heterocycles. The summed E-state index contributed by atoms with van der Waals surface area (Å²) in [6.45, 7) is 2.84. The van der Waals surface area contributed by atoms with Gasteiger partial charge in [0.05, 0.1) is 25.9 Å². The first kappa shape index (κ1) is 14.1. The van der Waals surface area contributed by atoms with E-state index < -0.39 is 17.9 Å². The SMILES string of the molecule is CN(C(=O)N1CCCOCC1)C1COCC1C(=O)O. The minimum atomic E-state index is -0.915. The standard InChI is InChI=1S/C12H20N2O5/c1-13(10-8-19-7-9(10)11(15)16)12(17)14-3-2-5-18-6-4-14/h9-10H,2-8H2,1H3,(H,15,16). The minimum absolute atomic E-state index is 0.146. The molecule has 0 spiro atoms. The molecule has 19 heavy (non-hydrogen) atoms. The van der Waals surface area contributed by atoms with Crippen LogP contribution in [0, 0.1) is 5.92 Å². The summed E-state index contributed by atoms with van der Waals surface area (Å²) in [5.41, 5.74) is 0. The molecular weight excluding hydrogens is 252 g/mol. The van der Waals surface area contributed by atoms with E-state index in [1.807, 2.05) is 0 Å². The highest BCUT2D eigenvalue weighted by atomic mass is 16.5. The second-order valence-electron chi connectivity index (χ2n) is 4.90. The second kappa shape index (κ2) is 6.21. The van der Waals surface area contributed by atoms with Crippen molar-refractivity contribution in [2.24, 2.45) is 5.92 Å². The van der Waals surface area contributed by atoms with Crippen LogP contribution in [0.2, 0.25) is 0 Å². The summed E-state index contributed by atoms with van der Waals surface area (Å²) in [5, 5.41) is 9.12. The molecule has 2 atom stereocenters. The molecule has 0 aromatic heterocycles. The van der Waals surface area contributed by atoms with Gasteiger partial charge in [0.25, 0.3) is 0 Å². The Labute approximate surface area is 112 Å². The lowest BCUT2D eigenvalue weighted by Gasteiger charge is -2.31. The maximum atomic E-state index is 12.4. The topological polar surface area (TPSA) is 79.3 Å². The molecule has 2 heterocycles. The average molecular weight is 272 g/mol. The van der Waals surface area contributed by atoms with Gasteiger partial charge in [0.1, 0.15) is 5.92 Å². The van der Waals surface area contributed by atoms with Gasteiger partial charge in [-0.05, 0) is 6.42 Å². The Kier molecular flexibility index (Phi) is 4.60. The Morgan fingerprint density at radius 3 is 2.74 bits per heavy atom. The summed E-state index contributed by atoms with van der Waals surface area (Å²) in [5.74, 6) is -1.56. The Balaban J connectivity index is 1.99. The van der Waals surface area contributed by atoms with Crippen LogP contribution in [-0.2, 0) is 14.3 Å². The first-order chi connectivity index (χ1) is 9.11. The van der Waals surface area contributed by atoms with Gasteiger partial charge in [-0.2, -0.15) is 0 Å². The molecule has 0 aliphatic carbocycles. The molecule has 0 aromatic rings. The van der Waals surface area contributed by atoms with E-state index in [2.05, 4.69) is 0 Å². The molecule has 0 aromatic carbocycles. The number of urea groups is 1. The molecule has 7 nitrogen and oxygen atoms in total. The number of carbonyl (C=O) groups is 2. The van der Waals surface area contributed by atoms with Crippen molar-refractivity contribution < 1.29 is 24.2 Å². The molecule has 2 fully saturated rings. The molecule has 2 unspecified atom stereocenters. The van der Waals surface area contributed by atoms with E-state index in [-0.39, 0.29) is 19.2 Å². The third-order valence-electron chi connectivity index (χ3n) is 3.66. The van der Waals surface area contributed by atoms with Crippen LogP contribution in [0.15, 0.2) is 0 Å². The van der Waals surface area contributed by atoms with Crippen LogP contribution < -0.4 is 0 Å². The number of likely N-dealkylation sites (N-methyl/N-ethyl adjacent to an activating group) is 1. The third kappa shape index (κ3) is 3.16. The molecule has 0 radical (unpaired) electrons. The van der Waals surface area contributed by atoms with E-state index in [0.717, 1.165) is 6.42 Å². The zero-order valence-electron chi connectivity index (χ0n) is 11.1. The number of nitrogens with zero attached hydrogens (tertiary/aromatic N) is 2. The number of carboxylic acids is 1. The van der Waals surface area contributed by atoms with Crippen molar-refractivity contribution in [2.75, 3.05) is 46.6 Å². The number of amides is 2. The summed E-state index contributed by atoms with van der Waals surface area (Å²) in [7, 11) is 1.64. The number of carboxylic acid groups (broad SMARTS) is 1. The van der Waals surface area contributed by atoms with Crippen molar-refractivity contribution in [3.8, 4) is 0 Å². The minimum Gasteiger partial charge on any atom is -0.481 e. The molecule has 2 aliphatic rings. The summed E-state index contributed by atoms with van der Waals surface area (Å²) in [6.07, 6.45) is 0.809.